The zero-order chi connectivity index (χ0) is 19.3. The Bertz CT molecular complexity index is 833. The first kappa shape index (κ1) is 19.5. The van der Waals surface area contributed by atoms with Gasteiger partial charge in [-0.2, -0.15) is 0 Å². The van der Waals surface area contributed by atoms with E-state index in [0.29, 0.717) is 6.42 Å². The van der Waals surface area contributed by atoms with Crippen LogP contribution in [0.3, 0.4) is 0 Å². The Kier molecular flexibility index (Phi) is 6.35. The maximum absolute atomic E-state index is 12.5. The van der Waals surface area contributed by atoms with Gasteiger partial charge in [0.2, 0.25) is 0 Å². The number of para-hydroxylation sites is 1. The highest BCUT2D eigenvalue weighted by Crippen LogP contribution is 2.48. The minimum Gasteiger partial charge on any atom is -0.379 e. The van der Waals surface area contributed by atoms with Crippen molar-refractivity contribution in [1.82, 2.24) is 4.90 Å². The van der Waals surface area contributed by atoms with Crippen molar-refractivity contribution in [1.29, 1.82) is 0 Å². The Morgan fingerprint density at radius 1 is 1.04 bits per heavy atom. The first-order valence-electron chi connectivity index (χ1n) is 10.3. The molecule has 2 heterocycles. The molecule has 0 amide bonds. The number of carbonyl (C=O) groups is 1. The van der Waals surface area contributed by atoms with Gasteiger partial charge in [0.05, 0.1) is 24.6 Å². The fourth-order valence-electron chi connectivity index (χ4n) is 3.89. The van der Waals surface area contributed by atoms with E-state index >= 15 is 0 Å². The van der Waals surface area contributed by atoms with Crippen LogP contribution in [-0.4, -0.2) is 50.1 Å². The summed E-state index contributed by atoms with van der Waals surface area (Å²) in [5.41, 5.74) is 3.26. The number of morpholine rings is 1. The Balaban J connectivity index is 1.56. The molecular weight excluding hydrogens is 368 g/mol. The van der Waals surface area contributed by atoms with Crippen LogP contribution < -0.4 is 4.90 Å². The average Bonchev–Trinajstić information content (AvgIpc) is 2.74. The molecule has 4 nitrogen and oxygen atoms in total. The van der Waals surface area contributed by atoms with E-state index in [-0.39, 0.29) is 5.78 Å². The van der Waals surface area contributed by atoms with Crippen LogP contribution in [0, 0.1) is 0 Å². The van der Waals surface area contributed by atoms with Crippen molar-refractivity contribution in [2.45, 2.75) is 36.0 Å². The van der Waals surface area contributed by atoms with Crippen LogP contribution in [0.25, 0.3) is 0 Å². The normalized spacial score (nSPS) is 16.5. The summed E-state index contributed by atoms with van der Waals surface area (Å²) in [6.07, 6.45) is 2.59. The molecule has 2 aromatic rings. The minimum atomic E-state index is 0.238. The van der Waals surface area contributed by atoms with Crippen molar-refractivity contribution in [2.24, 2.45) is 0 Å². The fraction of sp³-hybridized carbons (Fsp3) is 0.435. The maximum atomic E-state index is 12.5. The summed E-state index contributed by atoms with van der Waals surface area (Å²) in [5, 5.41) is 0. The molecule has 0 N–H and O–H groups in total. The van der Waals surface area contributed by atoms with Crippen LogP contribution >= 0.6 is 11.8 Å². The smallest absolute Gasteiger partial charge is 0.162 e. The molecule has 28 heavy (non-hydrogen) atoms. The Morgan fingerprint density at radius 3 is 2.64 bits per heavy atom. The summed E-state index contributed by atoms with van der Waals surface area (Å²) in [6, 6.07) is 14.8. The van der Waals surface area contributed by atoms with Crippen LogP contribution in [0.1, 0.15) is 36.5 Å². The molecule has 0 atom stereocenters. The molecule has 0 spiro atoms. The zero-order valence-electron chi connectivity index (χ0n) is 16.5. The van der Waals surface area contributed by atoms with Crippen LogP contribution in [0.15, 0.2) is 52.3 Å². The van der Waals surface area contributed by atoms with Crippen LogP contribution in [-0.2, 0) is 4.74 Å². The van der Waals surface area contributed by atoms with E-state index < -0.39 is 0 Å². The van der Waals surface area contributed by atoms with Gasteiger partial charge in [-0.05, 0) is 37.1 Å². The van der Waals surface area contributed by atoms with Crippen LogP contribution in [0.2, 0.25) is 0 Å². The van der Waals surface area contributed by atoms with Gasteiger partial charge < -0.3 is 9.64 Å². The third-order valence-corrected chi connectivity index (χ3v) is 6.51. The summed E-state index contributed by atoms with van der Waals surface area (Å²) >= 11 is 1.80. The van der Waals surface area contributed by atoms with Gasteiger partial charge in [-0.3, -0.25) is 9.69 Å². The number of fused-ring (bicyclic) bond motifs is 2. The quantitative estimate of drug-likeness (QED) is 0.616. The molecule has 148 valence electrons. The largest absolute Gasteiger partial charge is 0.379 e. The molecular formula is C23H28N2O2S. The number of benzene rings is 2. The van der Waals surface area contributed by atoms with E-state index in [2.05, 4.69) is 53.1 Å². The number of ether oxygens (including phenoxy) is 1. The van der Waals surface area contributed by atoms with Crippen molar-refractivity contribution >= 4 is 28.9 Å². The number of ketones is 1. The fourth-order valence-corrected chi connectivity index (χ4v) is 4.97. The number of carbonyl (C=O) groups excluding carboxylic acids is 1. The van der Waals surface area contributed by atoms with E-state index in [1.807, 2.05) is 6.07 Å². The molecule has 0 bridgehead atoms. The second-order valence-electron chi connectivity index (χ2n) is 7.38. The number of rotatable bonds is 7. The lowest BCUT2D eigenvalue weighted by molar-refractivity contribution is 0.0377. The summed E-state index contributed by atoms with van der Waals surface area (Å²) in [4.78, 5) is 19.9. The van der Waals surface area contributed by atoms with Crippen molar-refractivity contribution in [3.05, 3.63) is 48.0 Å². The predicted molar refractivity (Wildman–Crippen MR) is 115 cm³/mol. The van der Waals surface area contributed by atoms with Crippen molar-refractivity contribution in [2.75, 3.05) is 44.3 Å². The number of anilines is 2. The first-order chi connectivity index (χ1) is 13.8. The lowest BCUT2D eigenvalue weighted by Gasteiger charge is -2.34. The lowest BCUT2D eigenvalue weighted by Crippen LogP contribution is -2.38. The van der Waals surface area contributed by atoms with Gasteiger partial charge in [0.25, 0.3) is 0 Å². The Hall–Kier alpha value is -1.82. The molecule has 4 rings (SSSR count). The van der Waals surface area contributed by atoms with Crippen molar-refractivity contribution in [3.63, 3.8) is 0 Å². The molecule has 2 aliphatic rings. The predicted octanol–water partition coefficient (Wildman–Crippen LogP) is 4.99. The standard InChI is InChI=1S/C23H28N2O2S/c1-2-6-21(26)18-9-10-23-20(17-18)25(19-7-3-4-8-22(19)28-23)12-5-11-24-13-15-27-16-14-24/h3-4,7-10,17H,2,5-6,11-16H2,1H3. The highest BCUT2D eigenvalue weighted by molar-refractivity contribution is 7.99. The topological polar surface area (TPSA) is 32.8 Å². The van der Waals surface area contributed by atoms with Crippen molar-refractivity contribution in [3.8, 4) is 0 Å². The molecule has 1 fully saturated rings. The molecule has 0 aromatic heterocycles. The minimum absolute atomic E-state index is 0.238. The van der Waals surface area contributed by atoms with E-state index in [9.17, 15) is 4.79 Å². The molecule has 0 unspecified atom stereocenters. The molecule has 2 aliphatic heterocycles. The van der Waals surface area contributed by atoms with E-state index in [1.165, 1.54) is 21.2 Å². The van der Waals surface area contributed by atoms with Gasteiger partial charge in [0.1, 0.15) is 0 Å². The molecule has 0 aliphatic carbocycles. The third kappa shape index (κ3) is 4.27. The number of nitrogens with zero attached hydrogens (tertiary/aromatic N) is 2. The maximum Gasteiger partial charge on any atom is 0.162 e. The Morgan fingerprint density at radius 2 is 1.82 bits per heavy atom. The SMILES string of the molecule is CCCC(=O)c1ccc2c(c1)N(CCCN1CCOCC1)c1ccccc1S2. The molecule has 0 radical (unpaired) electrons. The number of hydrogen-bond acceptors (Lipinski definition) is 5. The van der Waals surface area contributed by atoms with Gasteiger partial charge in [-0.25, -0.2) is 0 Å². The summed E-state index contributed by atoms with van der Waals surface area (Å²) in [6.45, 7) is 7.83. The van der Waals surface area contributed by atoms with Gasteiger partial charge in [-0.1, -0.05) is 36.9 Å². The molecule has 0 saturated carbocycles. The second-order valence-corrected chi connectivity index (χ2v) is 8.47. The zero-order valence-corrected chi connectivity index (χ0v) is 17.3. The van der Waals surface area contributed by atoms with Gasteiger partial charge in [0.15, 0.2) is 5.78 Å². The van der Waals surface area contributed by atoms with E-state index in [0.717, 1.165) is 57.8 Å². The average molecular weight is 397 g/mol. The molecule has 5 heteroatoms. The summed E-state index contributed by atoms with van der Waals surface area (Å²) in [5.74, 6) is 0.238. The van der Waals surface area contributed by atoms with Crippen molar-refractivity contribution < 1.29 is 9.53 Å². The molecule has 1 saturated heterocycles. The van der Waals surface area contributed by atoms with Crippen LogP contribution in [0.4, 0.5) is 11.4 Å². The third-order valence-electron chi connectivity index (χ3n) is 5.38. The Labute approximate surface area is 171 Å². The first-order valence-corrected chi connectivity index (χ1v) is 11.1. The van der Waals surface area contributed by atoms with Gasteiger partial charge in [-0.15, -0.1) is 0 Å². The highest BCUT2D eigenvalue weighted by atomic mass is 32.2. The summed E-state index contributed by atoms with van der Waals surface area (Å²) < 4.78 is 5.46. The summed E-state index contributed by atoms with van der Waals surface area (Å²) in [7, 11) is 0. The van der Waals surface area contributed by atoms with Gasteiger partial charge in [0, 0.05) is 48.0 Å². The van der Waals surface area contributed by atoms with Gasteiger partial charge >= 0.3 is 0 Å². The molecule has 2 aromatic carbocycles. The van der Waals surface area contributed by atoms with E-state index in [1.54, 1.807) is 11.8 Å². The number of Topliss-reactive ketones (excluding diaryl/α,β-unsaturated/α-hetero) is 1. The van der Waals surface area contributed by atoms with Crippen LogP contribution in [0.5, 0.6) is 0 Å². The highest BCUT2D eigenvalue weighted by Gasteiger charge is 2.24. The number of hydrogen-bond donors (Lipinski definition) is 0. The monoisotopic (exact) mass is 396 g/mol. The van der Waals surface area contributed by atoms with E-state index in [4.69, 9.17) is 4.74 Å². The lowest BCUT2D eigenvalue weighted by atomic mass is 10.1. The second kappa shape index (κ2) is 9.12.